The predicted octanol–water partition coefficient (Wildman–Crippen LogP) is 3.66. The van der Waals surface area contributed by atoms with Crippen LogP contribution < -0.4 is 5.32 Å². The molecule has 1 saturated heterocycles. The average molecular weight is 367 g/mol. The average Bonchev–Trinajstić information content (AvgIpc) is 2.69. The zero-order chi connectivity index (χ0) is 19.2. The van der Waals surface area contributed by atoms with Crippen molar-refractivity contribution >= 4 is 11.7 Å². The molecule has 2 atom stereocenters. The number of piperazine rings is 1. The summed E-state index contributed by atoms with van der Waals surface area (Å²) in [5, 5.41) is 12.7. The van der Waals surface area contributed by atoms with Crippen molar-refractivity contribution in [3.63, 3.8) is 0 Å². The van der Waals surface area contributed by atoms with Crippen LogP contribution in [-0.4, -0.2) is 59.3 Å². The molecule has 1 aliphatic rings. The maximum absolute atomic E-state index is 12.7. The lowest BCUT2D eigenvalue weighted by Crippen LogP contribution is -2.56. The van der Waals surface area contributed by atoms with E-state index in [0.717, 1.165) is 29.8 Å². The van der Waals surface area contributed by atoms with Gasteiger partial charge in [0.05, 0.1) is 6.10 Å². The zero-order valence-electron chi connectivity index (χ0n) is 16.1. The van der Waals surface area contributed by atoms with Crippen molar-refractivity contribution in [3.8, 4) is 11.1 Å². The summed E-state index contributed by atoms with van der Waals surface area (Å²) in [6.45, 7) is 6.77. The molecule has 0 aliphatic carbocycles. The molecule has 1 aliphatic heterocycles. The number of β-amino-alcohol motifs (C(OH)–C–C–N with tert-alkyl or cyclic N) is 1. The van der Waals surface area contributed by atoms with E-state index in [1.807, 2.05) is 54.3 Å². The minimum absolute atomic E-state index is 0.0578. The van der Waals surface area contributed by atoms with Gasteiger partial charge in [0.2, 0.25) is 0 Å². The molecular weight excluding hydrogens is 338 g/mol. The summed E-state index contributed by atoms with van der Waals surface area (Å²) in [4.78, 5) is 16.8. The van der Waals surface area contributed by atoms with Gasteiger partial charge in [-0.05, 0) is 36.6 Å². The fourth-order valence-electron chi connectivity index (χ4n) is 3.62. The molecular formula is C22H29N3O2. The van der Waals surface area contributed by atoms with Gasteiger partial charge in [0.25, 0.3) is 0 Å². The number of hydrogen-bond acceptors (Lipinski definition) is 3. The van der Waals surface area contributed by atoms with Gasteiger partial charge >= 0.3 is 6.03 Å². The van der Waals surface area contributed by atoms with Crippen LogP contribution in [0.5, 0.6) is 0 Å². The molecule has 2 aromatic rings. The number of carbonyl (C=O) groups is 1. The van der Waals surface area contributed by atoms with Crippen molar-refractivity contribution in [2.45, 2.75) is 32.4 Å². The third kappa shape index (κ3) is 5.08. The molecule has 0 spiro atoms. The van der Waals surface area contributed by atoms with Crippen LogP contribution in [-0.2, 0) is 0 Å². The molecule has 5 heteroatoms. The van der Waals surface area contributed by atoms with E-state index in [9.17, 15) is 9.90 Å². The van der Waals surface area contributed by atoms with Gasteiger partial charge in [0, 0.05) is 37.9 Å². The fraction of sp³-hybridized carbons (Fsp3) is 0.409. The number of aliphatic hydroxyl groups is 1. The number of amides is 2. The number of hydrogen-bond donors (Lipinski definition) is 2. The summed E-state index contributed by atoms with van der Waals surface area (Å²) in [6, 6.07) is 18.4. The van der Waals surface area contributed by atoms with Gasteiger partial charge < -0.3 is 15.3 Å². The molecule has 2 amide bonds. The number of carbonyl (C=O) groups excluding carboxylic acids is 1. The number of anilines is 1. The molecule has 0 radical (unpaired) electrons. The third-order valence-electron chi connectivity index (χ3n) is 5.11. The Bertz CT molecular complexity index is 731. The Morgan fingerprint density at radius 1 is 1.11 bits per heavy atom. The van der Waals surface area contributed by atoms with Crippen molar-refractivity contribution in [2.24, 2.45) is 0 Å². The molecule has 0 saturated carbocycles. The fourth-order valence-corrected chi connectivity index (χ4v) is 3.62. The maximum atomic E-state index is 12.7. The highest BCUT2D eigenvalue weighted by Gasteiger charge is 2.28. The van der Waals surface area contributed by atoms with Gasteiger partial charge in [0.15, 0.2) is 0 Å². The second-order valence-corrected chi connectivity index (χ2v) is 7.23. The lowest BCUT2D eigenvalue weighted by molar-refractivity contribution is 0.0507. The number of rotatable bonds is 5. The first-order chi connectivity index (χ1) is 13.1. The Morgan fingerprint density at radius 3 is 2.41 bits per heavy atom. The number of benzene rings is 2. The largest absolute Gasteiger partial charge is 0.392 e. The highest BCUT2D eigenvalue weighted by Crippen LogP contribution is 2.21. The maximum Gasteiger partial charge on any atom is 0.321 e. The first-order valence-electron chi connectivity index (χ1n) is 9.70. The van der Waals surface area contributed by atoms with Crippen LogP contribution in [0.3, 0.4) is 0 Å². The Morgan fingerprint density at radius 2 is 1.78 bits per heavy atom. The molecule has 0 aromatic heterocycles. The van der Waals surface area contributed by atoms with Gasteiger partial charge in [0.1, 0.15) is 0 Å². The molecule has 3 rings (SSSR count). The second-order valence-electron chi connectivity index (χ2n) is 7.23. The van der Waals surface area contributed by atoms with Crippen molar-refractivity contribution in [1.82, 2.24) is 9.80 Å². The molecule has 1 fully saturated rings. The smallest absolute Gasteiger partial charge is 0.321 e. The van der Waals surface area contributed by atoms with Crippen molar-refractivity contribution < 1.29 is 9.90 Å². The van der Waals surface area contributed by atoms with Crippen molar-refractivity contribution in [1.29, 1.82) is 0 Å². The molecule has 1 heterocycles. The van der Waals surface area contributed by atoms with Crippen LogP contribution in [0, 0.1) is 0 Å². The summed E-state index contributed by atoms with van der Waals surface area (Å²) < 4.78 is 0. The molecule has 2 N–H and O–H groups in total. The highest BCUT2D eigenvalue weighted by atomic mass is 16.3. The quantitative estimate of drug-likeness (QED) is 0.848. The molecule has 144 valence electrons. The van der Waals surface area contributed by atoms with E-state index in [4.69, 9.17) is 0 Å². The standard InChI is InChI=1S/C22H29N3O2/c1-3-21-16-25(14-13-24(21)15-17(2)26)22(27)23-20-11-9-19(10-12-20)18-7-5-4-6-8-18/h4-12,17,21,26H,3,13-16H2,1-2H3,(H,23,27)/t17-,21-/m1/s1. The summed E-state index contributed by atoms with van der Waals surface area (Å²) in [7, 11) is 0. The Hall–Kier alpha value is -2.37. The molecule has 5 nitrogen and oxygen atoms in total. The van der Waals surface area contributed by atoms with E-state index in [2.05, 4.69) is 29.3 Å². The molecule has 0 unspecified atom stereocenters. The number of aliphatic hydroxyl groups excluding tert-OH is 1. The summed E-state index contributed by atoms with van der Waals surface area (Å²) in [5.74, 6) is 0. The van der Waals surface area contributed by atoms with Crippen molar-refractivity contribution in [3.05, 3.63) is 54.6 Å². The lowest BCUT2D eigenvalue weighted by atomic mass is 10.1. The lowest BCUT2D eigenvalue weighted by Gasteiger charge is -2.41. The first-order valence-corrected chi connectivity index (χ1v) is 9.70. The SMILES string of the molecule is CC[C@@H]1CN(C(=O)Nc2ccc(-c3ccccc3)cc2)CCN1C[C@@H](C)O. The van der Waals surface area contributed by atoms with Crippen LogP contribution in [0.1, 0.15) is 20.3 Å². The van der Waals surface area contributed by atoms with Gasteiger partial charge in [-0.25, -0.2) is 4.79 Å². The number of urea groups is 1. The monoisotopic (exact) mass is 367 g/mol. The second kappa shape index (κ2) is 9.02. The van der Waals surface area contributed by atoms with E-state index < -0.39 is 0 Å². The van der Waals surface area contributed by atoms with Gasteiger partial charge in [-0.15, -0.1) is 0 Å². The minimum Gasteiger partial charge on any atom is -0.392 e. The van der Waals surface area contributed by atoms with E-state index in [1.165, 1.54) is 0 Å². The Balaban J connectivity index is 1.59. The third-order valence-corrected chi connectivity index (χ3v) is 5.11. The van der Waals surface area contributed by atoms with Gasteiger partial charge in [-0.2, -0.15) is 0 Å². The molecule has 2 aromatic carbocycles. The normalized spacial score (nSPS) is 18.9. The van der Waals surface area contributed by atoms with Gasteiger partial charge in [-0.1, -0.05) is 49.4 Å². The summed E-state index contributed by atoms with van der Waals surface area (Å²) >= 11 is 0. The summed E-state index contributed by atoms with van der Waals surface area (Å²) in [6.07, 6.45) is 0.616. The molecule has 0 bridgehead atoms. The van der Waals surface area contributed by atoms with Gasteiger partial charge in [-0.3, -0.25) is 4.90 Å². The number of nitrogens with zero attached hydrogens (tertiary/aromatic N) is 2. The highest BCUT2D eigenvalue weighted by molar-refractivity contribution is 5.89. The van der Waals surface area contributed by atoms with Crippen LogP contribution in [0.25, 0.3) is 11.1 Å². The topological polar surface area (TPSA) is 55.8 Å². The number of nitrogens with one attached hydrogen (secondary N) is 1. The van der Waals surface area contributed by atoms with E-state index in [-0.39, 0.29) is 12.1 Å². The Kier molecular flexibility index (Phi) is 6.48. The van der Waals surface area contributed by atoms with Crippen LogP contribution in [0.15, 0.2) is 54.6 Å². The van der Waals surface area contributed by atoms with Crippen LogP contribution >= 0.6 is 0 Å². The zero-order valence-corrected chi connectivity index (χ0v) is 16.1. The first kappa shape index (κ1) is 19.4. The van der Waals surface area contributed by atoms with E-state index in [0.29, 0.717) is 25.7 Å². The van der Waals surface area contributed by atoms with E-state index >= 15 is 0 Å². The summed E-state index contributed by atoms with van der Waals surface area (Å²) in [5.41, 5.74) is 3.10. The van der Waals surface area contributed by atoms with E-state index in [1.54, 1.807) is 0 Å². The Labute approximate surface area is 161 Å². The minimum atomic E-state index is -0.345. The molecule has 27 heavy (non-hydrogen) atoms. The predicted molar refractivity (Wildman–Crippen MR) is 110 cm³/mol. The van der Waals surface area contributed by atoms with Crippen molar-refractivity contribution in [2.75, 3.05) is 31.5 Å². The van der Waals surface area contributed by atoms with Crippen LogP contribution in [0.2, 0.25) is 0 Å². The van der Waals surface area contributed by atoms with Crippen LogP contribution in [0.4, 0.5) is 10.5 Å².